The Morgan fingerprint density at radius 2 is 1.23 bits per heavy atom. The van der Waals surface area contributed by atoms with Crippen molar-refractivity contribution in [2.24, 2.45) is 10.2 Å². The quantitative estimate of drug-likeness (QED) is 0.344. The fourth-order valence-electron chi connectivity index (χ4n) is 1.87. The maximum absolute atomic E-state index is 10.9. The molecule has 0 atom stereocenters. The molecule has 0 aliphatic carbocycles. The lowest BCUT2D eigenvalue weighted by atomic mass is 10.2. The first-order valence-corrected chi connectivity index (χ1v) is 7.49. The largest absolute Gasteiger partial charge is 0.278 e. The lowest BCUT2D eigenvalue weighted by molar-refractivity contribution is -0.385. The van der Waals surface area contributed by atoms with E-state index in [1.54, 1.807) is 24.3 Å². The van der Waals surface area contributed by atoms with Gasteiger partial charge in [-0.15, -0.1) is 0 Å². The van der Waals surface area contributed by atoms with Crippen LogP contribution in [-0.2, 0) is 0 Å². The monoisotopic (exact) mass is 372 g/mol. The van der Waals surface area contributed by atoms with E-state index in [9.17, 15) is 20.2 Å². The summed E-state index contributed by atoms with van der Waals surface area (Å²) in [7, 11) is 0. The van der Waals surface area contributed by atoms with Crippen molar-refractivity contribution in [2.75, 3.05) is 0 Å². The van der Waals surface area contributed by atoms with Gasteiger partial charge in [-0.25, -0.2) is 0 Å². The molecule has 0 radical (unpaired) electrons. The first-order chi connectivity index (χ1) is 12.5. The molecular weight excluding hydrogens is 360 g/mol. The first kappa shape index (κ1) is 18.6. The van der Waals surface area contributed by atoms with E-state index in [4.69, 9.17) is 12.2 Å². The van der Waals surface area contributed by atoms with Crippen LogP contribution in [0, 0.1) is 20.2 Å². The van der Waals surface area contributed by atoms with Gasteiger partial charge in [0.05, 0.1) is 33.4 Å². The molecule has 2 N–H and O–H groups in total. The number of nitrogens with zero attached hydrogens (tertiary/aromatic N) is 4. The number of thiocarbonyl (C=S) groups is 1. The number of nitrogens with one attached hydrogen (secondary N) is 2. The third-order valence-electron chi connectivity index (χ3n) is 3.01. The lowest BCUT2D eigenvalue weighted by Gasteiger charge is -2.01. The molecule has 0 fully saturated rings. The molecule has 0 spiro atoms. The minimum absolute atomic E-state index is 0.00895. The summed E-state index contributed by atoms with van der Waals surface area (Å²) in [6, 6.07) is 12.2. The zero-order chi connectivity index (χ0) is 18.9. The average molecular weight is 372 g/mol. The van der Waals surface area contributed by atoms with Crippen LogP contribution in [0.25, 0.3) is 0 Å². The van der Waals surface area contributed by atoms with Crippen molar-refractivity contribution < 1.29 is 9.85 Å². The Bertz CT molecular complexity index is 828. The summed E-state index contributed by atoms with van der Waals surface area (Å²) < 4.78 is 0. The van der Waals surface area contributed by atoms with Crippen LogP contribution in [0.2, 0.25) is 0 Å². The Hall–Kier alpha value is -3.73. The molecular formula is C15H12N6O4S. The van der Waals surface area contributed by atoms with E-state index in [1.165, 1.54) is 36.7 Å². The summed E-state index contributed by atoms with van der Waals surface area (Å²) >= 11 is 4.94. The van der Waals surface area contributed by atoms with Crippen LogP contribution in [0.5, 0.6) is 0 Å². The molecule has 0 unspecified atom stereocenters. The topological polar surface area (TPSA) is 135 Å². The number of nitro benzene ring substituents is 2. The molecule has 0 saturated carbocycles. The van der Waals surface area contributed by atoms with Gasteiger partial charge < -0.3 is 0 Å². The van der Waals surface area contributed by atoms with E-state index in [0.717, 1.165) is 0 Å². The molecule has 2 rings (SSSR count). The maximum Gasteiger partial charge on any atom is 0.278 e. The minimum Gasteiger partial charge on any atom is -0.258 e. The molecule has 0 aliphatic rings. The van der Waals surface area contributed by atoms with Gasteiger partial charge in [-0.1, -0.05) is 24.3 Å². The fraction of sp³-hybridized carbons (Fsp3) is 0. The van der Waals surface area contributed by atoms with E-state index >= 15 is 0 Å². The van der Waals surface area contributed by atoms with Crippen LogP contribution >= 0.6 is 12.2 Å². The summed E-state index contributed by atoms with van der Waals surface area (Å²) in [5, 5.41) is 29.4. The van der Waals surface area contributed by atoms with Gasteiger partial charge in [0.15, 0.2) is 0 Å². The Kier molecular flexibility index (Phi) is 6.40. The molecule has 0 bridgehead atoms. The molecule has 2 aromatic rings. The molecule has 132 valence electrons. The van der Waals surface area contributed by atoms with Crippen molar-refractivity contribution in [1.82, 2.24) is 10.9 Å². The summed E-state index contributed by atoms with van der Waals surface area (Å²) in [5.74, 6) is 0. The van der Waals surface area contributed by atoms with Gasteiger partial charge in [-0.2, -0.15) is 10.2 Å². The molecule has 0 aromatic heterocycles. The summed E-state index contributed by atoms with van der Waals surface area (Å²) in [4.78, 5) is 20.7. The van der Waals surface area contributed by atoms with Crippen LogP contribution in [0.3, 0.4) is 0 Å². The van der Waals surface area contributed by atoms with Gasteiger partial charge in [0, 0.05) is 12.1 Å². The standard InChI is InChI=1S/C15H12N6O4S/c22-20(23)13-7-3-1-5-11(13)9-16-18-15(26)19-17-10-12-6-2-4-8-14(12)21(24)25/h1-10H,(H2,18,19,26)/b16-9-,17-10-. The average Bonchev–Trinajstić information content (AvgIpc) is 2.62. The molecule has 0 heterocycles. The molecule has 10 nitrogen and oxygen atoms in total. The molecule has 2 aromatic carbocycles. The number of nitro groups is 2. The van der Waals surface area contributed by atoms with Crippen molar-refractivity contribution in [3.8, 4) is 0 Å². The Morgan fingerprint density at radius 3 is 1.62 bits per heavy atom. The fourth-order valence-corrected chi connectivity index (χ4v) is 1.98. The van der Waals surface area contributed by atoms with Gasteiger partial charge >= 0.3 is 0 Å². The van der Waals surface area contributed by atoms with E-state index in [-0.39, 0.29) is 16.5 Å². The highest BCUT2D eigenvalue weighted by Crippen LogP contribution is 2.15. The number of para-hydroxylation sites is 2. The predicted molar refractivity (Wildman–Crippen MR) is 100 cm³/mol. The second-order valence-corrected chi connectivity index (χ2v) is 5.11. The van der Waals surface area contributed by atoms with Crippen LogP contribution in [0.4, 0.5) is 11.4 Å². The summed E-state index contributed by atoms with van der Waals surface area (Å²) in [6.07, 6.45) is 2.50. The van der Waals surface area contributed by atoms with Gasteiger partial charge in [0.2, 0.25) is 5.11 Å². The highest BCUT2D eigenvalue weighted by Gasteiger charge is 2.10. The Morgan fingerprint density at radius 1 is 0.846 bits per heavy atom. The van der Waals surface area contributed by atoms with Crippen molar-refractivity contribution in [3.63, 3.8) is 0 Å². The van der Waals surface area contributed by atoms with Gasteiger partial charge in [-0.05, 0) is 24.4 Å². The Balaban J connectivity index is 1.94. The molecule has 26 heavy (non-hydrogen) atoms. The number of benzene rings is 2. The molecule has 0 amide bonds. The van der Waals surface area contributed by atoms with E-state index < -0.39 is 9.85 Å². The van der Waals surface area contributed by atoms with Crippen LogP contribution in [-0.4, -0.2) is 27.4 Å². The molecule has 0 saturated heterocycles. The number of rotatable bonds is 6. The highest BCUT2D eigenvalue weighted by molar-refractivity contribution is 7.80. The van der Waals surface area contributed by atoms with Gasteiger partial charge in [0.1, 0.15) is 0 Å². The van der Waals surface area contributed by atoms with Gasteiger partial charge in [-0.3, -0.25) is 31.1 Å². The van der Waals surface area contributed by atoms with Crippen LogP contribution in [0.1, 0.15) is 11.1 Å². The van der Waals surface area contributed by atoms with Crippen molar-refractivity contribution in [2.45, 2.75) is 0 Å². The second-order valence-electron chi connectivity index (χ2n) is 4.70. The van der Waals surface area contributed by atoms with Crippen molar-refractivity contribution in [3.05, 3.63) is 79.9 Å². The Labute approximate surface area is 152 Å². The minimum atomic E-state index is -0.519. The summed E-state index contributed by atoms with van der Waals surface area (Å²) in [5.41, 5.74) is 5.30. The van der Waals surface area contributed by atoms with E-state index in [0.29, 0.717) is 11.1 Å². The number of hydrogen-bond acceptors (Lipinski definition) is 7. The number of hydrazone groups is 2. The third-order valence-corrected chi connectivity index (χ3v) is 3.19. The first-order valence-electron chi connectivity index (χ1n) is 7.08. The maximum atomic E-state index is 10.9. The zero-order valence-electron chi connectivity index (χ0n) is 13.1. The zero-order valence-corrected chi connectivity index (χ0v) is 13.9. The SMILES string of the molecule is O=[N+]([O-])c1ccccc1/C=N\NC(=S)N/N=C\c1ccccc1[N+](=O)[O-]. The van der Waals surface area contributed by atoms with Gasteiger partial charge in [0.25, 0.3) is 11.4 Å². The van der Waals surface area contributed by atoms with Crippen molar-refractivity contribution >= 4 is 41.1 Å². The van der Waals surface area contributed by atoms with Crippen molar-refractivity contribution in [1.29, 1.82) is 0 Å². The van der Waals surface area contributed by atoms with E-state index in [2.05, 4.69) is 21.1 Å². The molecule has 0 aliphatic heterocycles. The highest BCUT2D eigenvalue weighted by atomic mass is 32.1. The van der Waals surface area contributed by atoms with Crippen LogP contribution < -0.4 is 10.9 Å². The smallest absolute Gasteiger partial charge is 0.258 e. The predicted octanol–water partition coefficient (Wildman–Crippen LogP) is 2.34. The van der Waals surface area contributed by atoms with E-state index in [1.807, 2.05) is 0 Å². The molecule has 11 heteroatoms. The normalized spacial score (nSPS) is 10.8. The number of hydrogen-bond donors (Lipinski definition) is 2. The summed E-state index contributed by atoms with van der Waals surface area (Å²) in [6.45, 7) is 0. The second kappa shape index (κ2) is 8.94. The third kappa shape index (κ3) is 5.14. The lowest BCUT2D eigenvalue weighted by Crippen LogP contribution is -2.28. The van der Waals surface area contributed by atoms with Crippen LogP contribution in [0.15, 0.2) is 58.7 Å².